The summed E-state index contributed by atoms with van der Waals surface area (Å²) in [4.78, 5) is 28.5. The van der Waals surface area contributed by atoms with Crippen molar-refractivity contribution in [3.05, 3.63) is 58.1 Å². The van der Waals surface area contributed by atoms with E-state index in [1.54, 1.807) is 16.7 Å². The summed E-state index contributed by atoms with van der Waals surface area (Å²) in [5.74, 6) is -0.726. The van der Waals surface area contributed by atoms with Gasteiger partial charge in [0.2, 0.25) is 0 Å². The van der Waals surface area contributed by atoms with Gasteiger partial charge in [-0.25, -0.2) is 17.5 Å². The molecule has 8 nitrogen and oxygen atoms in total. The van der Waals surface area contributed by atoms with Gasteiger partial charge in [-0.15, -0.1) is 11.8 Å². The predicted octanol–water partition coefficient (Wildman–Crippen LogP) is 3.89. The van der Waals surface area contributed by atoms with Crippen LogP contribution in [0.2, 0.25) is 0 Å². The average molecular weight is 516 g/mol. The van der Waals surface area contributed by atoms with E-state index in [1.165, 1.54) is 17.8 Å². The van der Waals surface area contributed by atoms with Gasteiger partial charge in [0.1, 0.15) is 4.90 Å². The van der Waals surface area contributed by atoms with E-state index in [2.05, 4.69) is 4.90 Å². The van der Waals surface area contributed by atoms with Gasteiger partial charge in [0, 0.05) is 30.6 Å². The van der Waals surface area contributed by atoms with Crippen molar-refractivity contribution in [2.75, 3.05) is 32.4 Å². The molecule has 0 aliphatic carbocycles. The fourth-order valence-electron chi connectivity index (χ4n) is 5.09. The molecule has 0 radical (unpaired) electrons. The number of nitrogens with zero attached hydrogens (tertiary/aromatic N) is 3. The Morgan fingerprint density at radius 3 is 2.51 bits per heavy atom. The maximum atomic E-state index is 12.8. The van der Waals surface area contributed by atoms with E-state index in [-0.39, 0.29) is 28.8 Å². The van der Waals surface area contributed by atoms with Crippen LogP contribution < -0.4 is 5.76 Å². The van der Waals surface area contributed by atoms with E-state index in [0.29, 0.717) is 12.0 Å². The number of benzene rings is 2. The van der Waals surface area contributed by atoms with Crippen molar-refractivity contribution in [2.24, 2.45) is 0 Å². The van der Waals surface area contributed by atoms with Crippen LogP contribution in [0.5, 0.6) is 0 Å². The predicted molar refractivity (Wildman–Crippen MR) is 136 cm³/mol. The first-order chi connectivity index (χ1) is 16.8. The molecule has 2 aliphatic heterocycles. The van der Waals surface area contributed by atoms with Crippen molar-refractivity contribution < 1.29 is 17.6 Å². The monoisotopic (exact) mass is 515 g/mol. The number of rotatable bonds is 7. The van der Waals surface area contributed by atoms with Gasteiger partial charge < -0.3 is 9.32 Å². The first kappa shape index (κ1) is 24.1. The topological polar surface area (TPSA) is 92.8 Å². The molecule has 0 unspecified atom stereocenters. The Morgan fingerprint density at radius 2 is 1.77 bits per heavy atom. The number of aryl methyl sites for hydroxylation is 1. The Bertz CT molecular complexity index is 1440. The summed E-state index contributed by atoms with van der Waals surface area (Å²) < 4.78 is 33.9. The lowest BCUT2D eigenvalue weighted by atomic mass is 10.0. The fourth-order valence-corrected chi connectivity index (χ4v) is 7.12. The minimum Gasteiger partial charge on any atom is -0.408 e. The van der Waals surface area contributed by atoms with Crippen LogP contribution in [0.25, 0.3) is 11.1 Å². The maximum absolute atomic E-state index is 12.8. The summed E-state index contributed by atoms with van der Waals surface area (Å²) >= 11 is 1.48. The number of oxazole rings is 1. The summed E-state index contributed by atoms with van der Waals surface area (Å²) in [7, 11) is -3.76. The van der Waals surface area contributed by atoms with E-state index in [0.717, 1.165) is 59.2 Å². The summed E-state index contributed by atoms with van der Waals surface area (Å²) in [6.45, 7) is 4.72. The second-order valence-corrected chi connectivity index (χ2v) is 11.9. The highest BCUT2D eigenvalue weighted by atomic mass is 32.2. The van der Waals surface area contributed by atoms with Crippen LogP contribution >= 0.6 is 11.8 Å². The fraction of sp³-hybridized carbons (Fsp3) is 0.440. The van der Waals surface area contributed by atoms with Crippen LogP contribution in [-0.2, 0) is 10.0 Å². The van der Waals surface area contributed by atoms with Crippen molar-refractivity contribution in [3.8, 4) is 0 Å². The minimum absolute atomic E-state index is 0.111. The molecular weight excluding hydrogens is 486 g/mol. The maximum Gasteiger partial charge on any atom is 0.420 e. The minimum atomic E-state index is -3.76. The lowest BCUT2D eigenvalue weighted by Crippen LogP contribution is -2.37. The van der Waals surface area contributed by atoms with Gasteiger partial charge >= 0.3 is 5.76 Å². The molecule has 1 aromatic heterocycles. The molecule has 2 aromatic carbocycles. The highest BCUT2D eigenvalue weighted by molar-refractivity contribution is 7.98. The number of hydrogen-bond donors (Lipinski definition) is 0. The molecular formula is C25H29N3O5S2. The second kappa shape index (κ2) is 9.48. The van der Waals surface area contributed by atoms with Gasteiger partial charge in [-0.2, -0.15) is 0 Å². The average Bonchev–Trinajstić information content (AvgIpc) is 3.26. The Balaban J connectivity index is 1.14. The van der Waals surface area contributed by atoms with E-state index in [1.807, 2.05) is 31.4 Å². The second-order valence-electron chi connectivity index (χ2n) is 9.23. The van der Waals surface area contributed by atoms with Crippen molar-refractivity contribution in [3.63, 3.8) is 0 Å². The molecule has 0 saturated carbocycles. The number of likely N-dealkylation sites (tertiary alicyclic amines) is 1. The highest BCUT2D eigenvalue weighted by Crippen LogP contribution is 2.33. The van der Waals surface area contributed by atoms with Crippen molar-refractivity contribution in [1.29, 1.82) is 0 Å². The summed E-state index contributed by atoms with van der Waals surface area (Å²) in [6.07, 6.45) is 5.01. The SMILES string of the molecule is CSc1ccc2c(c1)C(=O)N(CCCCN1CCC(n3c(=O)oc4cc(C)ccc43)CC1)S2(=O)=O. The molecule has 3 heterocycles. The third-order valence-electron chi connectivity index (χ3n) is 6.99. The molecule has 10 heteroatoms. The Kier molecular flexibility index (Phi) is 6.54. The number of piperidine rings is 1. The van der Waals surface area contributed by atoms with E-state index >= 15 is 0 Å². The standard InChI is InChI=1S/C25H29N3O5S2/c1-17-5-7-21-22(15-17)33-25(30)28(21)18-9-13-26(14-10-18)11-3-4-12-27-24(29)20-16-19(34-2)6-8-23(20)35(27,31)32/h5-8,15-16,18H,3-4,9-14H2,1-2H3. The smallest absolute Gasteiger partial charge is 0.408 e. The van der Waals surface area contributed by atoms with E-state index in [4.69, 9.17) is 4.42 Å². The molecule has 0 spiro atoms. The normalized spacial score (nSPS) is 18.5. The highest BCUT2D eigenvalue weighted by Gasteiger charge is 2.40. The molecule has 0 atom stereocenters. The third kappa shape index (κ3) is 4.43. The first-order valence-corrected chi connectivity index (χ1v) is 14.6. The summed E-state index contributed by atoms with van der Waals surface area (Å²) in [5.41, 5.74) is 2.82. The van der Waals surface area contributed by atoms with Crippen molar-refractivity contribution in [2.45, 2.75) is 48.4 Å². The number of aromatic nitrogens is 1. The lowest BCUT2D eigenvalue weighted by Gasteiger charge is -2.32. The molecule has 5 rings (SSSR count). The molecule has 3 aromatic rings. The van der Waals surface area contributed by atoms with Gasteiger partial charge in [0.05, 0.1) is 11.1 Å². The number of amides is 1. The van der Waals surface area contributed by atoms with Gasteiger partial charge in [0.15, 0.2) is 5.58 Å². The molecule has 1 fully saturated rings. The van der Waals surface area contributed by atoms with Crippen LogP contribution in [0.4, 0.5) is 0 Å². The Morgan fingerprint density at radius 1 is 1.03 bits per heavy atom. The summed E-state index contributed by atoms with van der Waals surface area (Å²) in [6, 6.07) is 10.9. The number of unbranched alkanes of at least 4 members (excludes halogenated alkanes) is 1. The Hall–Kier alpha value is -2.56. The van der Waals surface area contributed by atoms with Crippen LogP contribution in [0.1, 0.15) is 47.6 Å². The zero-order chi connectivity index (χ0) is 24.7. The van der Waals surface area contributed by atoms with Crippen LogP contribution in [0.15, 0.2) is 55.4 Å². The number of carbonyl (C=O) groups is 1. The third-order valence-corrected chi connectivity index (χ3v) is 9.55. The summed E-state index contributed by atoms with van der Waals surface area (Å²) in [5, 5.41) is 0. The van der Waals surface area contributed by atoms with Gasteiger partial charge in [-0.05, 0) is 81.3 Å². The van der Waals surface area contributed by atoms with Crippen LogP contribution in [0, 0.1) is 6.92 Å². The van der Waals surface area contributed by atoms with E-state index in [9.17, 15) is 18.0 Å². The molecule has 2 aliphatic rings. The van der Waals surface area contributed by atoms with Crippen molar-refractivity contribution in [1.82, 2.24) is 13.8 Å². The molecule has 35 heavy (non-hydrogen) atoms. The lowest BCUT2D eigenvalue weighted by molar-refractivity contribution is 0.0867. The molecule has 1 amide bonds. The van der Waals surface area contributed by atoms with E-state index < -0.39 is 15.9 Å². The quantitative estimate of drug-likeness (QED) is 0.348. The number of sulfonamides is 1. The first-order valence-electron chi connectivity index (χ1n) is 11.9. The number of fused-ring (bicyclic) bond motifs is 2. The number of thioether (sulfide) groups is 1. The zero-order valence-electron chi connectivity index (χ0n) is 19.9. The van der Waals surface area contributed by atoms with Gasteiger partial charge in [0.25, 0.3) is 15.9 Å². The molecule has 186 valence electrons. The number of hydrogen-bond acceptors (Lipinski definition) is 7. The Labute approximate surface area is 208 Å². The largest absolute Gasteiger partial charge is 0.420 e. The van der Waals surface area contributed by atoms with Crippen molar-refractivity contribution >= 4 is 38.8 Å². The zero-order valence-corrected chi connectivity index (χ0v) is 21.5. The van der Waals surface area contributed by atoms with Gasteiger partial charge in [-0.1, -0.05) is 6.07 Å². The molecule has 1 saturated heterocycles. The molecule has 0 bridgehead atoms. The van der Waals surface area contributed by atoms with Crippen LogP contribution in [-0.4, -0.2) is 60.5 Å². The molecule has 0 N–H and O–H groups in total. The number of carbonyl (C=O) groups excluding carboxylic acids is 1. The van der Waals surface area contributed by atoms with Crippen LogP contribution in [0.3, 0.4) is 0 Å². The van der Waals surface area contributed by atoms with Gasteiger partial charge in [-0.3, -0.25) is 9.36 Å².